The second-order valence-electron chi connectivity index (χ2n) is 6.65. The SMILES string of the molecule is CC(C)c1ccc(/C=C(\C#N)C(=O)O[C@@H](C)C(=O)Nc2cc(F)ccc2F)cc1. The molecule has 0 aliphatic carbocycles. The molecule has 0 radical (unpaired) electrons. The molecule has 0 aliphatic heterocycles. The van der Waals surface area contributed by atoms with Gasteiger partial charge in [-0.05, 0) is 42.2 Å². The number of ether oxygens (including phenoxy) is 1. The molecule has 0 aromatic heterocycles. The van der Waals surface area contributed by atoms with Crippen molar-refractivity contribution in [3.8, 4) is 6.07 Å². The Kier molecular flexibility index (Phi) is 7.21. The molecule has 2 aromatic carbocycles. The monoisotopic (exact) mass is 398 g/mol. The van der Waals surface area contributed by atoms with E-state index in [1.807, 2.05) is 26.0 Å². The lowest BCUT2D eigenvalue weighted by Gasteiger charge is -2.13. The van der Waals surface area contributed by atoms with Crippen LogP contribution >= 0.6 is 0 Å². The van der Waals surface area contributed by atoms with Crippen molar-refractivity contribution in [1.82, 2.24) is 0 Å². The first-order valence-electron chi connectivity index (χ1n) is 8.90. The number of hydrogen-bond acceptors (Lipinski definition) is 4. The van der Waals surface area contributed by atoms with Crippen LogP contribution in [0.4, 0.5) is 14.5 Å². The van der Waals surface area contributed by atoms with Crippen LogP contribution in [0, 0.1) is 23.0 Å². The standard InChI is InChI=1S/C22H20F2N2O3/c1-13(2)16-6-4-15(5-7-16)10-17(12-25)22(28)29-14(3)21(27)26-20-11-18(23)8-9-19(20)24/h4-11,13-14H,1-3H3,(H,26,27)/b17-10+/t14-/m0/s1. The van der Waals surface area contributed by atoms with Gasteiger partial charge in [-0.3, -0.25) is 4.79 Å². The molecule has 1 atom stereocenters. The molecule has 0 unspecified atom stereocenters. The topological polar surface area (TPSA) is 79.2 Å². The van der Waals surface area contributed by atoms with Gasteiger partial charge in [-0.25, -0.2) is 13.6 Å². The molecular formula is C22H20F2N2O3. The molecule has 0 heterocycles. The first-order chi connectivity index (χ1) is 13.7. The van der Waals surface area contributed by atoms with Gasteiger partial charge in [-0.15, -0.1) is 0 Å². The molecule has 2 aromatic rings. The molecule has 150 valence electrons. The van der Waals surface area contributed by atoms with Crippen molar-refractivity contribution in [3.05, 3.63) is 70.8 Å². The van der Waals surface area contributed by atoms with Gasteiger partial charge in [-0.2, -0.15) is 5.26 Å². The van der Waals surface area contributed by atoms with Gasteiger partial charge in [0.2, 0.25) is 0 Å². The van der Waals surface area contributed by atoms with Crippen LogP contribution in [-0.4, -0.2) is 18.0 Å². The number of esters is 1. The molecule has 0 fully saturated rings. The second kappa shape index (κ2) is 9.60. The molecular weight excluding hydrogens is 378 g/mol. The molecule has 0 spiro atoms. The minimum Gasteiger partial charge on any atom is -0.448 e. The van der Waals surface area contributed by atoms with Crippen molar-refractivity contribution < 1.29 is 23.1 Å². The summed E-state index contributed by atoms with van der Waals surface area (Å²) in [5.41, 5.74) is 1.07. The summed E-state index contributed by atoms with van der Waals surface area (Å²) >= 11 is 0. The Labute approximate surface area is 167 Å². The average molecular weight is 398 g/mol. The summed E-state index contributed by atoms with van der Waals surface area (Å²) in [5.74, 6) is -3.08. The first kappa shape index (κ1) is 21.8. The van der Waals surface area contributed by atoms with Gasteiger partial charge in [0, 0.05) is 6.07 Å². The van der Waals surface area contributed by atoms with Crippen LogP contribution in [-0.2, 0) is 14.3 Å². The van der Waals surface area contributed by atoms with Crippen LogP contribution in [0.1, 0.15) is 37.8 Å². The Hall–Kier alpha value is -3.53. The quantitative estimate of drug-likeness (QED) is 0.439. The average Bonchev–Trinajstić information content (AvgIpc) is 2.68. The third kappa shape index (κ3) is 5.98. The number of hydrogen-bond donors (Lipinski definition) is 1. The van der Waals surface area contributed by atoms with Crippen LogP contribution in [0.25, 0.3) is 6.08 Å². The fourth-order valence-electron chi connectivity index (χ4n) is 2.39. The van der Waals surface area contributed by atoms with E-state index in [2.05, 4.69) is 5.32 Å². The number of rotatable bonds is 6. The van der Waals surface area contributed by atoms with E-state index in [1.165, 1.54) is 13.0 Å². The number of carbonyl (C=O) groups excluding carboxylic acids is 2. The van der Waals surface area contributed by atoms with Gasteiger partial charge < -0.3 is 10.1 Å². The third-order valence-electron chi connectivity index (χ3n) is 4.09. The minimum absolute atomic E-state index is 0.293. The zero-order chi connectivity index (χ0) is 21.6. The van der Waals surface area contributed by atoms with Crippen molar-refractivity contribution in [2.24, 2.45) is 0 Å². The van der Waals surface area contributed by atoms with E-state index >= 15 is 0 Å². The first-order valence-corrected chi connectivity index (χ1v) is 8.90. The maximum Gasteiger partial charge on any atom is 0.349 e. The molecule has 0 saturated heterocycles. The van der Waals surface area contributed by atoms with Crippen LogP contribution in [0.3, 0.4) is 0 Å². The highest BCUT2D eigenvalue weighted by molar-refractivity contribution is 6.01. The Morgan fingerprint density at radius 2 is 1.76 bits per heavy atom. The Morgan fingerprint density at radius 1 is 1.10 bits per heavy atom. The van der Waals surface area contributed by atoms with Gasteiger partial charge in [0.15, 0.2) is 6.10 Å². The van der Waals surface area contributed by atoms with Crippen LogP contribution < -0.4 is 5.32 Å². The number of amides is 1. The number of nitrogens with one attached hydrogen (secondary N) is 1. The molecule has 0 aliphatic rings. The summed E-state index contributed by atoms with van der Waals surface area (Å²) in [6, 6.07) is 11.6. The fourth-order valence-corrected chi connectivity index (χ4v) is 2.39. The van der Waals surface area contributed by atoms with Crippen LogP contribution in [0.15, 0.2) is 48.0 Å². The Balaban J connectivity index is 2.07. The smallest absolute Gasteiger partial charge is 0.349 e. The number of benzene rings is 2. The minimum atomic E-state index is -1.33. The van der Waals surface area contributed by atoms with Gasteiger partial charge >= 0.3 is 5.97 Å². The summed E-state index contributed by atoms with van der Waals surface area (Å²) in [6.45, 7) is 5.35. The number of nitrogens with zero attached hydrogens (tertiary/aromatic N) is 1. The summed E-state index contributed by atoms with van der Waals surface area (Å²) in [6.07, 6.45) is 0.0220. The van der Waals surface area contributed by atoms with Crippen molar-refractivity contribution in [2.75, 3.05) is 5.32 Å². The Bertz CT molecular complexity index is 977. The van der Waals surface area contributed by atoms with Crippen molar-refractivity contribution in [1.29, 1.82) is 5.26 Å². The molecule has 5 nitrogen and oxygen atoms in total. The zero-order valence-electron chi connectivity index (χ0n) is 16.2. The van der Waals surface area contributed by atoms with Crippen LogP contribution in [0.5, 0.6) is 0 Å². The summed E-state index contributed by atoms with van der Waals surface area (Å²) in [5, 5.41) is 11.4. The summed E-state index contributed by atoms with van der Waals surface area (Å²) in [7, 11) is 0. The highest BCUT2D eigenvalue weighted by atomic mass is 19.1. The van der Waals surface area contributed by atoms with E-state index in [4.69, 9.17) is 4.74 Å². The third-order valence-corrected chi connectivity index (χ3v) is 4.09. The summed E-state index contributed by atoms with van der Waals surface area (Å²) < 4.78 is 31.8. The number of halogens is 2. The van der Waals surface area contributed by atoms with Crippen LogP contribution in [0.2, 0.25) is 0 Å². The van der Waals surface area contributed by atoms with E-state index < -0.39 is 29.6 Å². The van der Waals surface area contributed by atoms with E-state index in [-0.39, 0.29) is 11.3 Å². The highest BCUT2D eigenvalue weighted by Crippen LogP contribution is 2.18. The Morgan fingerprint density at radius 3 is 2.34 bits per heavy atom. The lowest BCUT2D eigenvalue weighted by atomic mass is 10.0. The van der Waals surface area contributed by atoms with Gasteiger partial charge in [0.25, 0.3) is 5.91 Å². The van der Waals surface area contributed by atoms with Gasteiger partial charge in [-0.1, -0.05) is 38.1 Å². The molecule has 29 heavy (non-hydrogen) atoms. The van der Waals surface area contributed by atoms with E-state index in [0.29, 0.717) is 11.5 Å². The van der Waals surface area contributed by atoms with Crippen molar-refractivity contribution in [2.45, 2.75) is 32.8 Å². The molecule has 2 rings (SSSR count). The molecule has 1 N–H and O–H groups in total. The largest absolute Gasteiger partial charge is 0.448 e. The van der Waals surface area contributed by atoms with E-state index in [0.717, 1.165) is 23.8 Å². The van der Waals surface area contributed by atoms with Crippen molar-refractivity contribution >= 4 is 23.6 Å². The van der Waals surface area contributed by atoms with Gasteiger partial charge in [0.1, 0.15) is 23.3 Å². The predicted octanol–water partition coefficient (Wildman–Crippen LogP) is 4.57. The maximum absolute atomic E-state index is 13.6. The molecule has 7 heteroatoms. The number of anilines is 1. The normalized spacial score (nSPS) is 12.2. The molecule has 0 saturated carbocycles. The van der Waals surface area contributed by atoms with Gasteiger partial charge in [0.05, 0.1) is 5.69 Å². The predicted molar refractivity (Wildman–Crippen MR) is 105 cm³/mol. The maximum atomic E-state index is 13.6. The van der Waals surface area contributed by atoms with Crippen molar-refractivity contribution in [3.63, 3.8) is 0 Å². The molecule has 0 bridgehead atoms. The van der Waals surface area contributed by atoms with E-state index in [1.54, 1.807) is 18.2 Å². The fraction of sp³-hybridized carbons (Fsp3) is 0.227. The molecule has 1 amide bonds. The lowest BCUT2D eigenvalue weighted by Crippen LogP contribution is -2.30. The highest BCUT2D eigenvalue weighted by Gasteiger charge is 2.21. The van der Waals surface area contributed by atoms with E-state index in [9.17, 15) is 23.6 Å². The zero-order valence-corrected chi connectivity index (χ0v) is 16.2. The lowest BCUT2D eigenvalue weighted by molar-refractivity contribution is -0.148. The number of carbonyl (C=O) groups is 2. The number of nitriles is 1. The summed E-state index contributed by atoms with van der Waals surface area (Å²) in [4.78, 5) is 24.3. The second-order valence-corrected chi connectivity index (χ2v) is 6.65.